The van der Waals surface area contributed by atoms with Gasteiger partial charge in [0.1, 0.15) is 10.8 Å². The molecule has 90 valence electrons. The monoisotopic (exact) mass is 252 g/mol. The number of hydrogen-bond donors (Lipinski definition) is 1. The van der Waals surface area contributed by atoms with Crippen LogP contribution in [0.4, 0.5) is 5.13 Å². The van der Waals surface area contributed by atoms with Gasteiger partial charge in [-0.15, -0.1) is 10.2 Å². The third kappa shape index (κ3) is 2.88. The van der Waals surface area contributed by atoms with Crippen LogP contribution in [0.1, 0.15) is 34.6 Å². The van der Waals surface area contributed by atoms with Crippen LogP contribution >= 0.6 is 11.3 Å². The van der Waals surface area contributed by atoms with E-state index in [4.69, 9.17) is 4.52 Å². The van der Waals surface area contributed by atoms with Gasteiger partial charge in [-0.3, -0.25) is 10.1 Å². The molecule has 1 N–H and O–H groups in total. The Hall–Kier alpha value is -1.76. The van der Waals surface area contributed by atoms with E-state index in [0.717, 1.165) is 17.8 Å². The smallest absolute Gasteiger partial charge is 0.279 e. The maximum Gasteiger partial charge on any atom is 0.279 e. The first kappa shape index (κ1) is 11.7. The van der Waals surface area contributed by atoms with Gasteiger partial charge in [-0.05, 0) is 13.3 Å². The molecule has 0 spiro atoms. The molecule has 6 nitrogen and oxygen atoms in total. The maximum absolute atomic E-state index is 11.7. The van der Waals surface area contributed by atoms with Gasteiger partial charge >= 0.3 is 0 Å². The third-order valence-electron chi connectivity index (χ3n) is 2.01. The van der Waals surface area contributed by atoms with Gasteiger partial charge in [-0.1, -0.05) is 23.4 Å². The number of rotatable bonds is 4. The Morgan fingerprint density at radius 1 is 1.53 bits per heavy atom. The molecule has 0 atom stereocenters. The standard InChI is InChI=1S/C10H12N4O2S/c1-3-4-8-12-13-10(17-8)11-9(15)7-5-6(2)16-14-7/h5H,3-4H2,1-2H3,(H,11,13,15). The van der Waals surface area contributed by atoms with E-state index in [2.05, 4.69) is 27.6 Å². The first-order valence-corrected chi connectivity index (χ1v) is 6.07. The predicted octanol–water partition coefficient (Wildman–Crippen LogP) is 2.04. The Labute approximate surface area is 102 Å². The average Bonchev–Trinajstić information content (AvgIpc) is 2.88. The second-order valence-corrected chi connectivity index (χ2v) is 4.59. The highest BCUT2D eigenvalue weighted by molar-refractivity contribution is 7.15. The average molecular weight is 252 g/mol. The molecule has 0 aliphatic heterocycles. The summed E-state index contributed by atoms with van der Waals surface area (Å²) >= 11 is 1.37. The van der Waals surface area contributed by atoms with Crippen molar-refractivity contribution in [3.05, 3.63) is 22.5 Å². The third-order valence-corrected chi connectivity index (χ3v) is 2.91. The van der Waals surface area contributed by atoms with Gasteiger partial charge < -0.3 is 4.52 Å². The molecule has 2 rings (SSSR count). The topological polar surface area (TPSA) is 80.9 Å². The zero-order valence-electron chi connectivity index (χ0n) is 9.56. The van der Waals surface area contributed by atoms with Crippen molar-refractivity contribution in [2.45, 2.75) is 26.7 Å². The van der Waals surface area contributed by atoms with E-state index in [-0.39, 0.29) is 11.6 Å². The zero-order chi connectivity index (χ0) is 12.3. The van der Waals surface area contributed by atoms with Crippen LogP contribution in [-0.4, -0.2) is 21.3 Å². The SMILES string of the molecule is CCCc1nnc(NC(=O)c2cc(C)on2)s1. The van der Waals surface area contributed by atoms with Crippen LogP contribution < -0.4 is 5.32 Å². The highest BCUT2D eigenvalue weighted by Crippen LogP contribution is 2.17. The fourth-order valence-corrected chi connectivity index (χ4v) is 2.09. The van der Waals surface area contributed by atoms with Gasteiger partial charge in [0.15, 0.2) is 5.69 Å². The van der Waals surface area contributed by atoms with Crippen LogP contribution in [0.15, 0.2) is 10.6 Å². The van der Waals surface area contributed by atoms with Crippen molar-refractivity contribution in [1.29, 1.82) is 0 Å². The van der Waals surface area contributed by atoms with Crippen molar-refractivity contribution in [3.8, 4) is 0 Å². The molecule has 2 aromatic heterocycles. The molecule has 2 heterocycles. The van der Waals surface area contributed by atoms with Crippen LogP contribution in [0.25, 0.3) is 0 Å². The van der Waals surface area contributed by atoms with Crippen LogP contribution in [0.5, 0.6) is 0 Å². The van der Waals surface area contributed by atoms with Crippen LogP contribution in [0, 0.1) is 6.92 Å². The summed E-state index contributed by atoms with van der Waals surface area (Å²) in [4.78, 5) is 11.7. The van der Waals surface area contributed by atoms with Gasteiger partial charge in [-0.2, -0.15) is 0 Å². The Kier molecular flexibility index (Phi) is 3.48. The Morgan fingerprint density at radius 3 is 3.00 bits per heavy atom. The van der Waals surface area contributed by atoms with Gasteiger partial charge in [0.2, 0.25) is 5.13 Å². The molecular formula is C10H12N4O2S. The first-order valence-electron chi connectivity index (χ1n) is 5.26. The second-order valence-electron chi connectivity index (χ2n) is 3.53. The highest BCUT2D eigenvalue weighted by atomic mass is 32.1. The number of carbonyl (C=O) groups excluding carboxylic acids is 1. The van der Waals surface area contributed by atoms with E-state index >= 15 is 0 Å². The Morgan fingerprint density at radius 2 is 2.35 bits per heavy atom. The summed E-state index contributed by atoms with van der Waals surface area (Å²) in [5.74, 6) is 0.264. The summed E-state index contributed by atoms with van der Waals surface area (Å²) < 4.78 is 4.82. The minimum Gasteiger partial charge on any atom is -0.361 e. The molecular weight excluding hydrogens is 240 g/mol. The summed E-state index contributed by atoms with van der Waals surface area (Å²) in [6, 6.07) is 1.57. The summed E-state index contributed by atoms with van der Waals surface area (Å²) in [6.45, 7) is 3.80. The number of amides is 1. The molecule has 0 radical (unpaired) electrons. The number of aryl methyl sites for hydroxylation is 2. The summed E-state index contributed by atoms with van der Waals surface area (Å²) in [7, 11) is 0. The van der Waals surface area contributed by atoms with Crippen molar-refractivity contribution in [2.75, 3.05) is 5.32 Å². The largest absolute Gasteiger partial charge is 0.361 e. The molecule has 0 aromatic carbocycles. The summed E-state index contributed by atoms with van der Waals surface area (Å²) in [6.07, 6.45) is 1.88. The number of carbonyl (C=O) groups is 1. The van der Waals surface area contributed by atoms with E-state index in [1.807, 2.05) is 0 Å². The molecule has 17 heavy (non-hydrogen) atoms. The normalized spacial score (nSPS) is 10.5. The van der Waals surface area contributed by atoms with Crippen molar-refractivity contribution >= 4 is 22.4 Å². The number of hydrogen-bond acceptors (Lipinski definition) is 6. The molecule has 0 aliphatic rings. The summed E-state index contributed by atoms with van der Waals surface area (Å²) in [5.41, 5.74) is 0.245. The van der Waals surface area contributed by atoms with E-state index in [0.29, 0.717) is 10.9 Å². The van der Waals surface area contributed by atoms with Crippen LogP contribution in [0.2, 0.25) is 0 Å². The lowest BCUT2D eigenvalue weighted by Crippen LogP contribution is -2.11. The van der Waals surface area contributed by atoms with E-state index in [9.17, 15) is 4.79 Å². The molecule has 0 saturated heterocycles. The molecule has 7 heteroatoms. The number of anilines is 1. The van der Waals surface area contributed by atoms with E-state index in [1.165, 1.54) is 11.3 Å². The molecule has 1 amide bonds. The van der Waals surface area contributed by atoms with E-state index < -0.39 is 0 Å². The molecule has 0 bridgehead atoms. The maximum atomic E-state index is 11.7. The Balaban J connectivity index is 2.02. The Bertz CT molecular complexity index is 520. The number of nitrogens with zero attached hydrogens (tertiary/aromatic N) is 3. The first-order chi connectivity index (χ1) is 8.19. The van der Waals surface area contributed by atoms with E-state index in [1.54, 1.807) is 13.0 Å². The van der Waals surface area contributed by atoms with Gasteiger partial charge in [0.25, 0.3) is 5.91 Å². The minimum absolute atomic E-state index is 0.245. The fourth-order valence-electron chi connectivity index (χ4n) is 1.25. The fraction of sp³-hybridized carbons (Fsp3) is 0.400. The van der Waals surface area contributed by atoms with Crippen molar-refractivity contribution in [1.82, 2.24) is 15.4 Å². The lowest BCUT2D eigenvalue weighted by molar-refractivity contribution is 0.101. The second kappa shape index (κ2) is 5.05. The van der Waals surface area contributed by atoms with Gasteiger partial charge in [-0.25, -0.2) is 0 Å². The molecule has 0 fully saturated rings. The lowest BCUT2D eigenvalue weighted by Gasteiger charge is -1.94. The lowest BCUT2D eigenvalue weighted by atomic mass is 10.4. The molecule has 2 aromatic rings. The molecule has 0 saturated carbocycles. The predicted molar refractivity (Wildman–Crippen MR) is 63.1 cm³/mol. The van der Waals surface area contributed by atoms with Crippen molar-refractivity contribution < 1.29 is 9.32 Å². The molecule has 0 unspecified atom stereocenters. The quantitative estimate of drug-likeness (QED) is 0.900. The van der Waals surface area contributed by atoms with Gasteiger partial charge in [0.05, 0.1) is 0 Å². The number of aromatic nitrogens is 3. The van der Waals surface area contributed by atoms with Gasteiger partial charge in [0, 0.05) is 12.5 Å². The molecule has 0 aliphatic carbocycles. The van der Waals surface area contributed by atoms with Crippen LogP contribution in [-0.2, 0) is 6.42 Å². The van der Waals surface area contributed by atoms with Crippen LogP contribution in [0.3, 0.4) is 0 Å². The number of nitrogens with one attached hydrogen (secondary N) is 1. The highest BCUT2D eigenvalue weighted by Gasteiger charge is 2.13. The van der Waals surface area contributed by atoms with Crippen molar-refractivity contribution in [2.24, 2.45) is 0 Å². The minimum atomic E-state index is -0.332. The van der Waals surface area contributed by atoms with Crippen molar-refractivity contribution in [3.63, 3.8) is 0 Å². The summed E-state index contributed by atoms with van der Waals surface area (Å²) in [5, 5.41) is 15.5. The zero-order valence-corrected chi connectivity index (χ0v) is 10.4.